The molecule has 1 saturated heterocycles. The molecule has 0 aromatic heterocycles. The Morgan fingerprint density at radius 2 is 1.77 bits per heavy atom. The molecule has 4 heteroatoms. The highest BCUT2D eigenvalue weighted by Crippen LogP contribution is 2.26. The third-order valence-electron chi connectivity index (χ3n) is 2.08. The Bertz CT molecular complexity index is 145. The molecule has 0 N–H and O–H groups in total. The molecule has 1 fully saturated rings. The van der Waals surface area contributed by atoms with Crippen molar-refractivity contribution < 1.29 is 0 Å². The molecule has 0 bridgehead atoms. The highest BCUT2D eigenvalue weighted by atomic mass is 79.9. The first kappa shape index (κ1) is 12.2. The summed E-state index contributed by atoms with van der Waals surface area (Å²) in [6, 6.07) is 0. The normalized spacial score (nSPS) is 21.5. The Kier molecular flexibility index (Phi) is 5.53. The van der Waals surface area contributed by atoms with Gasteiger partial charge >= 0.3 is 0 Å². The summed E-state index contributed by atoms with van der Waals surface area (Å²) < 4.78 is 0. The van der Waals surface area contributed by atoms with Crippen molar-refractivity contribution in [2.75, 3.05) is 36.5 Å². The van der Waals surface area contributed by atoms with E-state index >= 15 is 0 Å². The smallest absolute Gasteiger partial charge is 0.0165 e. The number of nitrogens with zero attached hydrogens (tertiary/aromatic N) is 1. The van der Waals surface area contributed by atoms with Crippen molar-refractivity contribution >= 4 is 37.5 Å². The van der Waals surface area contributed by atoms with Crippen molar-refractivity contribution in [3.8, 4) is 0 Å². The van der Waals surface area contributed by atoms with Crippen molar-refractivity contribution in [2.24, 2.45) is 5.41 Å². The maximum Gasteiger partial charge on any atom is 0.0165 e. The molecule has 1 aliphatic heterocycles. The van der Waals surface area contributed by atoms with Crippen LogP contribution in [0.2, 0.25) is 0 Å². The van der Waals surface area contributed by atoms with Crippen LogP contribution in [0.1, 0.15) is 13.8 Å². The summed E-state index contributed by atoms with van der Waals surface area (Å²) in [5.74, 6) is 2.56. The minimum absolute atomic E-state index is 0.416. The SMILES string of the molecule is CC(C)(CBr)CN1CCSSCC1. The molecule has 1 rings (SSSR count). The minimum atomic E-state index is 0.416. The van der Waals surface area contributed by atoms with Gasteiger partial charge in [0.2, 0.25) is 0 Å². The molecule has 1 aliphatic rings. The van der Waals surface area contributed by atoms with Crippen LogP contribution in [-0.2, 0) is 0 Å². The number of hydrogen-bond acceptors (Lipinski definition) is 3. The average molecular weight is 284 g/mol. The predicted molar refractivity (Wildman–Crippen MR) is 68.9 cm³/mol. The van der Waals surface area contributed by atoms with Crippen LogP contribution in [-0.4, -0.2) is 41.4 Å². The molecule has 0 aromatic rings. The van der Waals surface area contributed by atoms with Crippen molar-refractivity contribution in [3.63, 3.8) is 0 Å². The quantitative estimate of drug-likeness (QED) is 0.579. The zero-order valence-electron chi connectivity index (χ0n) is 8.38. The highest BCUT2D eigenvalue weighted by molar-refractivity contribution is 9.09. The first-order valence-corrected chi connectivity index (χ1v) is 8.28. The minimum Gasteiger partial charge on any atom is -0.301 e. The summed E-state index contributed by atoms with van der Waals surface area (Å²) in [5.41, 5.74) is 0.416. The van der Waals surface area contributed by atoms with Crippen LogP contribution in [0.25, 0.3) is 0 Å². The molecule has 1 heterocycles. The maximum absolute atomic E-state index is 3.58. The van der Waals surface area contributed by atoms with E-state index in [9.17, 15) is 0 Å². The molecule has 0 aromatic carbocycles. The summed E-state index contributed by atoms with van der Waals surface area (Å²) in [4.78, 5) is 2.59. The van der Waals surface area contributed by atoms with Gasteiger partial charge in [-0.15, -0.1) is 0 Å². The standard InChI is InChI=1S/C9H18BrNS2/c1-9(2,7-10)8-11-3-5-12-13-6-4-11/h3-8H2,1-2H3. The van der Waals surface area contributed by atoms with Gasteiger partial charge in [0.1, 0.15) is 0 Å². The third-order valence-corrected chi connectivity index (χ3v) is 5.96. The topological polar surface area (TPSA) is 3.24 Å². The summed E-state index contributed by atoms with van der Waals surface area (Å²) in [6.07, 6.45) is 0. The van der Waals surface area contributed by atoms with E-state index in [1.807, 2.05) is 21.6 Å². The Labute approximate surface area is 97.9 Å². The first-order chi connectivity index (χ1) is 6.14. The lowest BCUT2D eigenvalue weighted by molar-refractivity contribution is 0.216. The number of alkyl halides is 1. The second-order valence-corrected chi connectivity index (χ2v) is 7.48. The molecular formula is C9H18BrNS2. The van der Waals surface area contributed by atoms with Crippen LogP contribution < -0.4 is 0 Å². The van der Waals surface area contributed by atoms with Gasteiger partial charge in [0, 0.05) is 36.5 Å². The van der Waals surface area contributed by atoms with E-state index in [0.29, 0.717) is 5.41 Å². The summed E-state index contributed by atoms with van der Waals surface area (Å²) in [5, 5.41) is 1.09. The molecule has 0 aliphatic carbocycles. The fourth-order valence-electron chi connectivity index (χ4n) is 1.37. The Balaban J connectivity index is 2.33. The van der Waals surface area contributed by atoms with E-state index in [4.69, 9.17) is 0 Å². The van der Waals surface area contributed by atoms with Gasteiger partial charge in [-0.2, -0.15) is 0 Å². The van der Waals surface area contributed by atoms with Crippen molar-refractivity contribution in [3.05, 3.63) is 0 Å². The molecule has 0 saturated carbocycles. The van der Waals surface area contributed by atoms with Crippen LogP contribution in [0, 0.1) is 5.41 Å². The first-order valence-electron chi connectivity index (χ1n) is 4.67. The average Bonchev–Trinajstić information content (AvgIpc) is 2.32. The van der Waals surface area contributed by atoms with Crippen LogP contribution in [0.4, 0.5) is 0 Å². The molecule has 0 amide bonds. The van der Waals surface area contributed by atoms with Crippen LogP contribution >= 0.6 is 37.5 Å². The van der Waals surface area contributed by atoms with Crippen molar-refractivity contribution in [1.29, 1.82) is 0 Å². The molecule has 0 unspecified atom stereocenters. The lowest BCUT2D eigenvalue weighted by Gasteiger charge is -2.30. The summed E-state index contributed by atoms with van der Waals surface area (Å²) in [7, 11) is 4.03. The monoisotopic (exact) mass is 283 g/mol. The van der Waals surface area contributed by atoms with Gasteiger partial charge in [-0.1, -0.05) is 51.4 Å². The van der Waals surface area contributed by atoms with Crippen LogP contribution in [0.5, 0.6) is 0 Å². The second-order valence-electron chi connectivity index (χ2n) is 4.22. The fourth-order valence-corrected chi connectivity index (χ4v) is 3.60. The highest BCUT2D eigenvalue weighted by Gasteiger charge is 2.21. The number of hydrogen-bond donors (Lipinski definition) is 0. The molecule has 0 radical (unpaired) electrons. The summed E-state index contributed by atoms with van der Waals surface area (Å²) in [6.45, 7) is 8.39. The Hall–Kier alpha value is 1.14. The maximum atomic E-state index is 3.58. The zero-order chi connectivity index (χ0) is 9.73. The van der Waals surface area contributed by atoms with Gasteiger partial charge in [-0.05, 0) is 5.41 Å². The lowest BCUT2D eigenvalue weighted by Crippen LogP contribution is -2.37. The van der Waals surface area contributed by atoms with Gasteiger partial charge in [-0.3, -0.25) is 0 Å². The zero-order valence-corrected chi connectivity index (χ0v) is 11.6. The predicted octanol–water partition coefficient (Wildman–Crippen LogP) is 3.10. The molecule has 0 atom stereocenters. The van der Waals surface area contributed by atoms with Gasteiger partial charge < -0.3 is 4.90 Å². The fraction of sp³-hybridized carbons (Fsp3) is 1.00. The van der Waals surface area contributed by atoms with Crippen LogP contribution in [0.3, 0.4) is 0 Å². The number of rotatable bonds is 3. The van der Waals surface area contributed by atoms with Gasteiger partial charge in [0.05, 0.1) is 0 Å². The molecular weight excluding hydrogens is 266 g/mol. The van der Waals surface area contributed by atoms with E-state index in [1.54, 1.807) is 0 Å². The van der Waals surface area contributed by atoms with Gasteiger partial charge in [0.25, 0.3) is 0 Å². The third kappa shape index (κ3) is 4.96. The Morgan fingerprint density at radius 1 is 1.23 bits per heavy atom. The van der Waals surface area contributed by atoms with Gasteiger partial charge in [-0.25, -0.2) is 0 Å². The molecule has 1 nitrogen and oxygen atoms in total. The lowest BCUT2D eigenvalue weighted by atomic mass is 9.96. The van der Waals surface area contributed by atoms with E-state index in [-0.39, 0.29) is 0 Å². The molecule has 13 heavy (non-hydrogen) atoms. The molecule has 0 spiro atoms. The summed E-state index contributed by atoms with van der Waals surface area (Å²) >= 11 is 3.58. The van der Waals surface area contributed by atoms with Crippen LogP contribution in [0.15, 0.2) is 0 Å². The Morgan fingerprint density at radius 3 is 2.23 bits per heavy atom. The second kappa shape index (κ2) is 5.89. The molecule has 78 valence electrons. The largest absolute Gasteiger partial charge is 0.301 e. The van der Waals surface area contributed by atoms with Gasteiger partial charge in [0.15, 0.2) is 0 Å². The van der Waals surface area contributed by atoms with E-state index in [1.165, 1.54) is 31.1 Å². The van der Waals surface area contributed by atoms with E-state index in [0.717, 1.165) is 5.33 Å². The van der Waals surface area contributed by atoms with E-state index < -0.39 is 0 Å². The van der Waals surface area contributed by atoms with Crippen molar-refractivity contribution in [1.82, 2.24) is 4.90 Å². The number of halogens is 1. The van der Waals surface area contributed by atoms with E-state index in [2.05, 4.69) is 34.7 Å². The van der Waals surface area contributed by atoms with Crippen molar-refractivity contribution in [2.45, 2.75) is 13.8 Å².